The lowest BCUT2D eigenvalue weighted by atomic mass is 9.80. The number of hydrogen-bond acceptors (Lipinski definition) is 3. The van der Waals surface area contributed by atoms with E-state index in [1.807, 2.05) is 43.3 Å². The van der Waals surface area contributed by atoms with Crippen LogP contribution in [0.3, 0.4) is 0 Å². The topological polar surface area (TPSA) is 42.4 Å². The molecule has 1 aliphatic rings. The fourth-order valence-corrected chi connectivity index (χ4v) is 3.73. The lowest BCUT2D eigenvalue weighted by Crippen LogP contribution is -2.58. The predicted molar refractivity (Wildman–Crippen MR) is 110 cm³/mol. The molecule has 6 heteroatoms. The minimum Gasteiger partial charge on any atom is -0.445 e. The maximum atomic E-state index is 13.2. The molecule has 2 aromatic carbocycles. The van der Waals surface area contributed by atoms with E-state index in [9.17, 15) is 9.18 Å². The molecule has 0 bridgehead atoms. The summed E-state index contributed by atoms with van der Waals surface area (Å²) >= 11 is 6.27. The number of aromatic nitrogens is 1. The van der Waals surface area contributed by atoms with E-state index in [0.717, 1.165) is 23.1 Å². The second-order valence-electron chi connectivity index (χ2n) is 7.29. The monoisotopic (exact) mass is 410 g/mol. The highest BCUT2D eigenvalue weighted by molar-refractivity contribution is 6.29. The van der Waals surface area contributed by atoms with Crippen molar-refractivity contribution in [2.24, 2.45) is 0 Å². The Morgan fingerprint density at radius 3 is 2.55 bits per heavy atom. The van der Waals surface area contributed by atoms with Crippen LogP contribution in [0, 0.1) is 5.82 Å². The van der Waals surface area contributed by atoms with Gasteiger partial charge in [0.25, 0.3) is 0 Å². The van der Waals surface area contributed by atoms with E-state index in [2.05, 4.69) is 4.98 Å². The molecule has 148 valence electrons. The van der Waals surface area contributed by atoms with E-state index in [1.54, 1.807) is 23.1 Å². The minimum absolute atomic E-state index is 0.226. The van der Waals surface area contributed by atoms with Crippen LogP contribution in [0.5, 0.6) is 0 Å². The Morgan fingerprint density at radius 1 is 1.17 bits per heavy atom. The van der Waals surface area contributed by atoms with Crippen molar-refractivity contribution in [3.8, 4) is 11.3 Å². The number of carbonyl (C=O) groups is 1. The fourth-order valence-electron chi connectivity index (χ4n) is 3.53. The van der Waals surface area contributed by atoms with E-state index in [0.29, 0.717) is 17.4 Å². The van der Waals surface area contributed by atoms with Crippen LogP contribution in [0.4, 0.5) is 9.18 Å². The Kier molecular flexibility index (Phi) is 5.24. The second-order valence-corrected chi connectivity index (χ2v) is 7.67. The molecule has 4 nitrogen and oxygen atoms in total. The zero-order valence-corrected chi connectivity index (χ0v) is 16.7. The Balaban J connectivity index is 1.55. The molecule has 1 aromatic heterocycles. The zero-order chi connectivity index (χ0) is 20.4. The van der Waals surface area contributed by atoms with Crippen molar-refractivity contribution in [3.05, 3.63) is 88.8 Å². The number of benzene rings is 2. The van der Waals surface area contributed by atoms with Gasteiger partial charge in [-0.05, 0) is 60.9 Å². The number of ether oxygens (including phenoxy) is 1. The van der Waals surface area contributed by atoms with Gasteiger partial charge in [-0.3, -0.25) is 4.90 Å². The molecule has 1 aliphatic heterocycles. The average Bonchev–Trinajstić information content (AvgIpc) is 2.71. The van der Waals surface area contributed by atoms with Crippen molar-refractivity contribution < 1.29 is 13.9 Å². The highest BCUT2D eigenvalue weighted by Gasteiger charge is 2.46. The molecule has 1 fully saturated rings. The lowest BCUT2D eigenvalue weighted by Gasteiger charge is -2.50. The van der Waals surface area contributed by atoms with Crippen LogP contribution in [0.1, 0.15) is 24.5 Å². The Bertz CT molecular complexity index is 1030. The van der Waals surface area contributed by atoms with Crippen molar-refractivity contribution in [2.45, 2.75) is 25.5 Å². The van der Waals surface area contributed by atoms with Crippen LogP contribution in [0.2, 0.25) is 5.15 Å². The van der Waals surface area contributed by atoms with Crippen molar-refractivity contribution in [3.63, 3.8) is 0 Å². The maximum absolute atomic E-state index is 13.2. The van der Waals surface area contributed by atoms with Crippen molar-refractivity contribution in [1.82, 2.24) is 9.88 Å². The van der Waals surface area contributed by atoms with Gasteiger partial charge in [0, 0.05) is 12.1 Å². The first-order valence-corrected chi connectivity index (χ1v) is 9.76. The second kappa shape index (κ2) is 7.84. The molecule has 3 aromatic rings. The standard InChI is InChI=1S/C23H20ClFN2O2/c1-23(11-12-27(23)22(28)29-15-16-5-3-2-4-6-16)18-13-20(26-21(24)14-18)17-7-9-19(25)10-8-17/h2-10,13-14H,11-12,15H2,1H3/t23-/m0/s1. The Morgan fingerprint density at radius 2 is 1.90 bits per heavy atom. The van der Waals surface area contributed by atoms with Gasteiger partial charge < -0.3 is 4.74 Å². The molecule has 0 radical (unpaired) electrons. The van der Waals surface area contributed by atoms with Crippen LogP contribution in [-0.4, -0.2) is 22.5 Å². The third kappa shape index (κ3) is 3.96. The summed E-state index contributed by atoms with van der Waals surface area (Å²) in [4.78, 5) is 18.7. The number of halogens is 2. The summed E-state index contributed by atoms with van der Waals surface area (Å²) in [7, 11) is 0. The molecule has 0 N–H and O–H groups in total. The third-order valence-electron chi connectivity index (χ3n) is 5.40. The summed E-state index contributed by atoms with van der Waals surface area (Å²) in [5.41, 5.74) is 2.68. The highest BCUT2D eigenvalue weighted by Crippen LogP contribution is 2.42. The van der Waals surface area contributed by atoms with E-state index in [-0.39, 0.29) is 18.5 Å². The first-order valence-electron chi connectivity index (χ1n) is 9.38. The molecule has 0 aliphatic carbocycles. The number of likely N-dealkylation sites (tertiary alicyclic amines) is 1. The Hall–Kier alpha value is -2.92. The number of carbonyl (C=O) groups excluding carboxylic acids is 1. The molecule has 1 amide bonds. The van der Waals surface area contributed by atoms with Crippen LogP contribution in [0.15, 0.2) is 66.7 Å². The smallest absolute Gasteiger partial charge is 0.410 e. The summed E-state index contributed by atoms with van der Waals surface area (Å²) in [5, 5.41) is 0.326. The van der Waals surface area contributed by atoms with Crippen molar-refractivity contribution in [2.75, 3.05) is 6.54 Å². The Labute approximate surface area is 173 Å². The van der Waals surface area contributed by atoms with Gasteiger partial charge in [0.15, 0.2) is 0 Å². The summed E-state index contributed by atoms with van der Waals surface area (Å²) < 4.78 is 18.7. The molecule has 0 saturated carbocycles. The molecule has 29 heavy (non-hydrogen) atoms. The largest absolute Gasteiger partial charge is 0.445 e. The SMILES string of the molecule is C[C@@]1(c2cc(Cl)nc(-c3ccc(F)cc3)c2)CCN1C(=O)OCc1ccccc1. The number of rotatable bonds is 4. The van der Waals surface area contributed by atoms with Gasteiger partial charge in [-0.2, -0.15) is 0 Å². The average molecular weight is 411 g/mol. The number of pyridine rings is 1. The van der Waals surface area contributed by atoms with Gasteiger partial charge in [0.05, 0.1) is 11.2 Å². The van der Waals surface area contributed by atoms with Gasteiger partial charge in [-0.1, -0.05) is 41.9 Å². The van der Waals surface area contributed by atoms with Crippen LogP contribution < -0.4 is 0 Å². The first-order chi connectivity index (χ1) is 14.0. The van der Waals surface area contributed by atoms with E-state index in [4.69, 9.17) is 16.3 Å². The summed E-state index contributed by atoms with van der Waals surface area (Å²) in [6, 6.07) is 19.3. The first kappa shape index (κ1) is 19.4. The summed E-state index contributed by atoms with van der Waals surface area (Å²) in [5.74, 6) is -0.311. The molecular formula is C23H20ClFN2O2. The molecule has 0 spiro atoms. The van der Waals surface area contributed by atoms with Crippen molar-refractivity contribution in [1.29, 1.82) is 0 Å². The molecule has 1 atom stereocenters. The lowest BCUT2D eigenvalue weighted by molar-refractivity contribution is -0.00979. The minimum atomic E-state index is -0.533. The summed E-state index contributed by atoms with van der Waals surface area (Å²) in [6.45, 7) is 2.82. The van der Waals surface area contributed by atoms with Gasteiger partial charge in [-0.15, -0.1) is 0 Å². The number of hydrogen-bond donors (Lipinski definition) is 0. The summed E-state index contributed by atoms with van der Waals surface area (Å²) in [6.07, 6.45) is 0.426. The van der Waals surface area contributed by atoms with Gasteiger partial charge in [0.2, 0.25) is 0 Å². The van der Waals surface area contributed by atoms with E-state index < -0.39 is 5.54 Å². The molecule has 0 unspecified atom stereocenters. The van der Waals surface area contributed by atoms with E-state index in [1.165, 1.54) is 12.1 Å². The van der Waals surface area contributed by atoms with E-state index >= 15 is 0 Å². The third-order valence-corrected chi connectivity index (χ3v) is 5.59. The van der Waals surface area contributed by atoms with Gasteiger partial charge in [-0.25, -0.2) is 14.2 Å². The highest BCUT2D eigenvalue weighted by atomic mass is 35.5. The number of nitrogens with zero attached hydrogens (tertiary/aromatic N) is 2. The van der Waals surface area contributed by atoms with Gasteiger partial charge in [0.1, 0.15) is 17.6 Å². The molecule has 1 saturated heterocycles. The zero-order valence-electron chi connectivity index (χ0n) is 15.9. The number of amides is 1. The predicted octanol–water partition coefficient (Wildman–Crippen LogP) is 5.80. The fraction of sp³-hybridized carbons (Fsp3) is 0.217. The van der Waals surface area contributed by atoms with Crippen LogP contribution >= 0.6 is 11.6 Å². The maximum Gasteiger partial charge on any atom is 0.410 e. The molecular weight excluding hydrogens is 391 g/mol. The molecule has 2 heterocycles. The normalized spacial score (nSPS) is 18.2. The van der Waals surface area contributed by atoms with Crippen LogP contribution in [0.25, 0.3) is 11.3 Å². The molecule has 4 rings (SSSR count). The van der Waals surface area contributed by atoms with Crippen LogP contribution in [-0.2, 0) is 16.9 Å². The quantitative estimate of drug-likeness (QED) is 0.510. The van der Waals surface area contributed by atoms with Gasteiger partial charge >= 0.3 is 6.09 Å². The van der Waals surface area contributed by atoms with Crippen molar-refractivity contribution >= 4 is 17.7 Å².